The van der Waals surface area contributed by atoms with Crippen LogP contribution in [0.25, 0.3) is 10.9 Å². The summed E-state index contributed by atoms with van der Waals surface area (Å²) in [5.41, 5.74) is 3.64. The topological polar surface area (TPSA) is 37.0 Å². The quantitative estimate of drug-likeness (QED) is 0.740. The van der Waals surface area contributed by atoms with E-state index in [0.29, 0.717) is 0 Å². The van der Waals surface area contributed by atoms with E-state index < -0.39 is 0 Å². The zero-order chi connectivity index (χ0) is 14.7. The Labute approximate surface area is 125 Å². The first-order chi connectivity index (χ1) is 10.3. The Bertz CT molecular complexity index is 733. The van der Waals surface area contributed by atoms with Crippen molar-refractivity contribution in [3.63, 3.8) is 0 Å². The Morgan fingerprint density at radius 1 is 1.14 bits per heavy atom. The normalized spacial score (nSPS) is 12.5. The van der Waals surface area contributed by atoms with E-state index in [1.165, 1.54) is 22.0 Å². The van der Waals surface area contributed by atoms with Gasteiger partial charge >= 0.3 is 0 Å². The third kappa shape index (κ3) is 2.93. The van der Waals surface area contributed by atoms with Crippen molar-refractivity contribution in [2.45, 2.75) is 19.5 Å². The highest BCUT2D eigenvalue weighted by Gasteiger charge is 2.10. The first kappa shape index (κ1) is 13.7. The van der Waals surface area contributed by atoms with Crippen LogP contribution < -0.4 is 10.1 Å². The van der Waals surface area contributed by atoms with E-state index in [-0.39, 0.29) is 6.04 Å². The van der Waals surface area contributed by atoms with Crippen molar-refractivity contribution < 1.29 is 4.74 Å². The van der Waals surface area contributed by atoms with Crippen LogP contribution in [0.3, 0.4) is 0 Å². The van der Waals surface area contributed by atoms with Crippen molar-refractivity contribution in [2.24, 2.45) is 0 Å². The van der Waals surface area contributed by atoms with Crippen molar-refractivity contribution >= 4 is 10.9 Å². The summed E-state index contributed by atoms with van der Waals surface area (Å²) in [6, 6.07) is 17.0. The molecule has 3 heteroatoms. The molecule has 0 aliphatic heterocycles. The molecule has 0 amide bonds. The van der Waals surface area contributed by atoms with Gasteiger partial charge in [0.05, 0.1) is 7.11 Å². The number of H-pyrrole nitrogens is 1. The molecule has 0 aliphatic rings. The number of hydrogen-bond acceptors (Lipinski definition) is 2. The number of fused-ring (bicyclic) bond motifs is 1. The molecule has 1 heterocycles. The summed E-state index contributed by atoms with van der Waals surface area (Å²) in [5.74, 6) is 0.929. The lowest BCUT2D eigenvalue weighted by molar-refractivity contribution is 0.401. The fraction of sp³-hybridized carbons (Fsp3) is 0.222. The van der Waals surface area contributed by atoms with Crippen molar-refractivity contribution in [3.05, 3.63) is 65.9 Å². The number of ether oxygens (including phenoxy) is 1. The van der Waals surface area contributed by atoms with Crippen LogP contribution in [0, 0.1) is 0 Å². The van der Waals surface area contributed by atoms with E-state index in [1.54, 1.807) is 7.11 Å². The molecule has 2 aromatic carbocycles. The van der Waals surface area contributed by atoms with Crippen LogP contribution in [-0.2, 0) is 6.54 Å². The van der Waals surface area contributed by atoms with E-state index >= 15 is 0 Å². The van der Waals surface area contributed by atoms with E-state index in [4.69, 9.17) is 4.74 Å². The fourth-order valence-corrected chi connectivity index (χ4v) is 2.62. The molecule has 0 aliphatic carbocycles. The highest BCUT2D eigenvalue weighted by atomic mass is 16.5. The number of nitrogens with one attached hydrogen (secondary N) is 2. The van der Waals surface area contributed by atoms with Gasteiger partial charge in [0.25, 0.3) is 0 Å². The first-order valence-electron chi connectivity index (χ1n) is 7.20. The van der Waals surface area contributed by atoms with Crippen LogP contribution in [0.1, 0.15) is 24.1 Å². The summed E-state index contributed by atoms with van der Waals surface area (Å²) in [6.45, 7) is 2.99. The van der Waals surface area contributed by atoms with E-state index in [0.717, 1.165) is 12.3 Å². The molecule has 21 heavy (non-hydrogen) atoms. The molecule has 0 spiro atoms. The number of para-hydroxylation sites is 1. The second-order valence-electron chi connectivity index (χ2n) is 5.24. The smallest absolute Gasteiger partial charge is 0.123 e. The molecule has 0 saturated heterocycles. The summed E-state index contributed by atoms with van der Waals surface area (Å²) in [5, 5.41) is 4.81. The average molecular weight is 280 g/mol. The minimum absolute atomic E-state index is 0.239. The van der Waals surface area contributed by atoms with Gasteiger partial charge in [0, 0.05) is 29.9 Å². The zero-order valence-electron chi connectivity index (χ0n) is 12.4. The molecule has 3 aromatic rings. The Hall–Kier alpha value is -2.26. The highest BCUT2D eigenvalue weighted by Crippen LogP contribution is 2.24. The second-order valence-corrected chi connectivity index (χ2v) is 5.24. The van der Waals surface area contributed by atoms with Crippen molar-refractivity contribution in [3.8, 4) is 5.75 Å². The maximum atomic E-state index is 5.42. The zero-order valence-corrected chi connectivity index (χ0v) is 12.4. The Morgan fingerprint density at radius 2 is 2.00 bits per heavy atom. The summed E-state index contributed by atoms with van der Waals surface area (Å²) < 4.78 is 5.42. The minimum atomic E-state index is 0.239. The lowest BCUT2D eigenvalue weighted by Crippen LogP contribution is -2.18. The maximum absolute atomic E-state index is 5.42. The standard InChI is InChI=1S/C18H20N2O/c1-13(16-5-3-4-6-18(16)21-2)20-12-14-7-8-17-15(11-14)9-10-19-17/h3-11,13,19-20H,12H2,1-2H3/t13-/m1/s1. The van der Waals surface area contributed by atoms with E-state index in [1.807, 2.05) is 24.4 Å². The molecule has 1 atom stereocenters. The number of rotatable bonds is 5. The highest BCUT2D eigenvalue weighted by molar-refractivity contribution is 5.79. The Kier molecular flexibility index (Phi) is 3.93. The van der Waals surface area contributed by atoms with Gasteiger partial charge in [0.15, 0.2) is 0 Å². The molecule has 1 aromatic heterocycles. The van der Waals surface area contributed by atoms with Gasteiger partial charge in [-0.05, 0) is 42.1 Å². The predicted octanol–water partition coefficient (Wildman–Crippen LogP) is 4.03. The third-order valence-corrected chi connectivity index (χ3v) is 3.84. The molecule has 0 fully saturated rings. The van der Waals surface area contributed by atoms with Crippen molar-refractivity contribution in [1.82, 2.24) is 10.3 Å². The van der Waals surface area contributed by atoms with Gasteiger partial charge in [-0.1, -0.05) is 24.3 Å². The van der Waals surface area contributed by atoms with Gasteiger partial charge in [-0.25, -0.2) is 0 Å². The predicted molar refractivity (Wildman–Crippen MR) is 86.5 cm³/mol. The van der Waals surface area contributed by atoms with Crippen LogP contribution in [0.2, 0.25) is 0 Å². The molecule has 108 valence electrons. The molecular weight excluding hydrogens is 260 g/mol. The Morgan fingerprint density at radius 3 is 2.86 bits per heavy atom. The molecule has 0 unspecified atom stereocenters. The van der Waals surface area contributed by atoms with Crippen molar-refractivity contribution in [1.29, 1.82) is 0 Å². The summed E-state index contributed by atoms with van der Waals surface area (Å²) in [7, 11) is 1.71. The summed E-state index contributed by atoms with van der Waals surface area (Å²) in [6.07, 6.45) is 1.97. The number of methoxy groups -OCH3 is 1. The number of hydrogen-bond donors (Lipinski definition) is 2. The second kappa shape index (κ2) is 6.02. The van der Waals surface area contributed by atoms with Gasteiger partial charge in [0.1, 0.15) is 5.75 Å². The molecule has 2 N–H and O–H groups in total. The van der Waals surface area contributed by atoms with Gasteiger partial charge < -0.3 is 15.0 Å². The number of aromatic nitrogens is 1. The van der Waals surface area contributed by atoms with Crippen LogP contribution in [0.5, 0.6) is 5.75 Å². The third-order valence-electron chi connectivity index (χ3n) is 3.84. The summed E-state index contributed by atoms with van der Waals surface area (Å²) >= 11 is 0. The maximum Gasteiger partial charge on any atom is 0.123 e. The van der Waals surface area contributed by atoms with Crippen molar-refractivity contribution in [2.75, 3.05) is 7.11 Å². The fourth-order valence-electron chi connectivity index (χ4n) is 2.62. The minimum Gasteiger partial charge on any atom is -0.496 e. The average Bonchev–Trinajstić information content (AvgIpc) is 3.00. The van der Waals surface area contributed by atoms with Crippen LogP contribution >= 0.6 is 0 Å². The van der Waals surface area contributed by atoms with E-state index in [9.17, 15) is 0 Å². The molecule has 3 nitrogen and oxygen atoms in total. The molecule has 0 bridgehead atoms. The lowest BCUT2D eigenvalue weighted by atomic mass is 10.1. The largest absolute Gasteiger partial charge is 0.496 e. The first-order valence-corrected chi connectivity index (χ1v) is 7.20. The molecule has 0 radical (unpaired) electrons. The van der Waals surface area contributed by atoms with Gasteiger partial charge in [0.2, 0.25) is 0 Å². The molecule has 3 rings (SSSR count). The SMILES string of the molecule is COc1ccccc1[C@@H](C)NCc1ccc2[nH]ccc2c1. The van der Waals surface area contributed by atoms with Gasteiger partial charge in [-0.15, -0.1) is 0 Å². The van der Waals surface area contributed by atoms with Gasteiger partial charge in [-0.3, -0.25) is 0 Å². The van der Waals surface area contributed by atoms with Crippen LogP contribution in [0.4, 0.5) is 0 Å². The van der Waals surface area contributed by atoms with Gasteiger partial charge in [-0.2, -0.15) is 0 Å². The van der Waals surface area contributed by atoms with Crippen LogP contribution in [0.15, 0.2) is 54.7 Å². The number of benzene rings is 2. The van der Waals surface area contributed by atoms with Crippen LogP contribution in [-0.4, -0.2) is 12.1 Å². The summed E-state index contributed by atoms with van der Waals surface area (Å²) in [4.78, 5) is 3.22. The lowest BCUT2D eigenvalue weighted by Gasteiger charge is -2.17. The monoisotopic (exact) mass is 280 g/mol. The number of aromatic amines is 1. The molecular formula is C18H20N2O. The van der Waals surface area contributed by atoms with E-state index in [2.05, 4.69) is 47.6 Å². The molecule has 0 saturated carbocycles. The Balaban J connectivity index is 1.71.